The minimum Gasteiger partial charge on any atom is -0.473 e. The third-order valence-electron chi connectivity index (χ3n) is 6.82. The van der Waals surface area contributed by atoms with Gasteiger partial charge in [-0.05, 0) is 54.7 Å². The molecule has 5 aromatic rings. The van der Waals surface area contributed by atoms with Gasteiger partial charge in [0, 0.05) is 5.56 Å². The van der Waals surface area contributed by atoms with Gasteiger partial charge < -0.3 is 13.9 Å². The van der Waals surface area contributed by atoms with Crippen molar-refractivity contribution in [1.29, 1.82) is 0 Å². The summed E-state index contributed by atoms with van der Waals surface area (Å²) in [4.78, 5) is 43.6. The lowest BCUT2D eigenvalue weighted by molar-refractivity contribution is -0.122. The number of hydrogen-bond acceptors (Lipinski definition) is 8. The number of nitrogens with zero attached hydrogens (tertiary/aromatic N) is 1. The van der Waals surface area contributed by atoms with E-state index in [4.69, 9.17) is 13.9 Å². The van der Waals surface area contributed by atoms with Gasteiger partial charge in [0.1, 0.15) is 5.58 Å². The maximum atomic E-state index is 13.7. The summed E-state index contributed by atoms with van der Waals surface area (Å²) in [5.74, 6) is -0.640. The zero-order chi connectivity index (χ0) is 30.0. The summed E-state index contributed by atoms with van der Waals surface area (Å²) in [5.41, 5.74) is 2.87. The van der Waals surface area contributed by atoms with E-state index in [9.17, 15) is 14.4 Å². The van der Waals surface area contributed by atoms with Crippen molar-refractivity contribution in [2.24, 2.45) is 0 Å². The molecule has 0 saturated heterocycles. The molecule has 0 radical (unpaired) electrons. The number of esters is 1. The maximum absolute atomic E-state index is 13.7. The zero-order valence-corrected chi connectivity index (χ0v) is 25.0. The molecule has 5 rings (SSSR count). The number of carbonyl (C=O) groups excluding carboxylic acids is 2. The summed E-state index contributed by atoms with van der Waals surface area (Å²) in [6, 6.07) is 19.8. The average molecular weight is 585 g/mol. The van der Waals surface area contributed by atoms with Crippen molar-refractivity contribution in [3.8, 4) is 17.1 Å². The minimum absolute atomic E-state index is 0.0254. The van der Waals surface area contributed by atoms with E-state index in [0.717, 1.165) is 10.3 Å². The number of nitrogens with one attached hydrogen (secondary N) is 1. The Hall–Kier alpha value is -4.50. The van der Waals surface area contributed by atoms with Crippen molar-refractivity contribution < 1.29 is 23.5 Å². The lowest BCUT2D eigenvalue weighted by atomic mass is 9.86. The van der Waals surface area contributed by atoms with E-state index in [-0.39, 0.29) is 29.0 Å². The number of anilines is 1. The van der Waals surface area contributed by atoms with E-state index in [2.05, 4.69) is 31.1 Å². The smallest absolute Gasteiger partial charge is 0.338 e. The summed E-state index contributed by atoms with van der Waals surface area (Å²) in [5, 5.41) is 3.52. The number of amides is 1. The number of para-hydroxylation sites is 1. The van der Waals surface area contributed by atoms with E-state index in [1.807, 2.05) is 24.3 Å². The second-order valence-corrected chi connectivity index (χ2v) is 11.9. The molecule has 42 heavy (non-hydrogen) atoms. The van der Waals surface area contributed by atoms with Crippen LogP contribution >= 0.6 is 11.3 Å². The van der Waals surface area contributed by atoms with E-state index >= 15 is 0 Å². The van der Waals surface area contributed by atoms with Gasteiger partial charge in [0.15, 0.2) is 17.0 Å². The number of carbonyl (C=O) groups is 2. The Morgan fingerprint density at radius 2 is 1.76 bits per heavy atom. The van der Waals surface area contributed by atoms with Crippen LogP contribution in [0.5, 0.6) is 5.75 Å². The molecule has 2 aromatic heterocycles. The van der Waals surface area contributed by atoms with Crippen LogP contribution in [-0.4, -0.2) is 29.6 Å². The SMILES string of the molecule is CCOC(=O)c1ccc2nc(NC(=O)C(CC)Oc3c(-c4ccc(C(C)(C)C)cc4)oc4ccccc4c3=O)sc2c1. The Kier molecular flexibility index (Phi) is 8.13. The molecule has 0 aliphatic heterocycles. The Balaban J connectivity index is 1.46. The van der Waals surface area contributed by atoms with Crippen molar-refractivity contribution in [3.63, 3.8) is 0 Å². The predicted molar refractivity (Wildman–Crippen MR) is 166 cm³/mol. The number of fused-ring (bicyclic) bond motifs is 2. The predicted octanol–water partition coefficient (Wildman–Crippen LogP) is 7.34. The van der Waals surface area contributed by atoms with Gasteiger partial charge in [-0.3, -0.25) is 14.9 Å². The monoisotopic (exact) mass is 584 g/mol. The standard InChI is InChI=1S/C33H32N2O6S/c1-6-24(30(37)35-32-34-23-17-14-20(18-26(23)42-32)31(38)39-7-2)40-29-27(36)22-10-8-9-11-25(22)41-28(29)19-12-15-21(16-13-19)33(3,4)5/h8-18,24H,6-7H2,1-5H3,(H,34,35,37). The lowest BCUT2D eigenvalue weighted by Gasteiger charge is -2.20. The number of hydrogen-bond donors (Lipinski definition) is 1. The Morgan fingerprint density at radius 3 is 2.45 bits per heavy atom. The highest BCUT2D eigenvalue weighted by Gasteiger charge is 2.26. The van der Waals surface area contributed by atoms with Gasteiger partial charge in [0.05, 0.1) is 27.8 Å². The number of benzene rings is 3. The van der Waals surface area contributed by atoms with Crippen LogP contribution in [0.1, 0.15) is 57.0 Å². The summed E-state index contributed by atoms with van der Waals surface area (Å²) >= 11 is 1.23. The summed E-state index contributed by atoms with van der Waals surface area (Å²) < 4.78 is 18.2. The topological polar surface area (TPSA) is 108 Å². The first kappa shape index (κ1) is 29.0. The highest BCUT2D eigenvalue weighted by molar-refractivity contribution is 7.22. The number of ether oxygens (including phenoxy) is 2. The van der Waals surface area contributed by atoms with Crippen molar-refractivity contribution >= 4 is 49.5 Å². The third kappa shape index (κ3) is 5.92. The van der Waals surface area contributed by atoms with Gasteiger partial charge in [-0.1, -0.05) is 75.4 Å². The molecule has 8 nitrogen and oxygen atoms in total. The highest BCUT2D eigenvalue weighted by atomic mass is 32.1. The molecule has 1 unspecified atom stereocenters. The van der Waals surface area contributed by atoms with Crippen LogP contribution in [0, 0.1) is 0 Å². The average Bonchev–Trinajstić information content (AvgIpc) is 3.38. The molecule has 3 aromatic carbocycles. The molecule has 0 aliphatic carbocycles. The molecule has 0 saturated carbocycles. The fourth-order valence-electron chi connectivity index (χ4n) is 4.51. The second kappa shape index (κ2) is 11.8. The maximum Gasteiger partial charge on any atom is 0.338 e. The minimum atomic E-state index is -0.997. The molecule has 1 N–H and O–H groups in total. The quantitative estimate of drug-likeness (QED) is 0.190. The summed E-state index contributed by atoms with van der Waals surface area (Å²) in [7, 11) is 0. The third-order valence-corrected chi connectivity index (χ3v) is 7.76. The van der Waals surface area contributed by atoms with Crippen molar-refractivity contribution in [2.45, 2.75) is 52.6 Å². The van der Waals surface area contributed by atoms with Crippen molar-refractivity contribution in [1.82, 2.24) is 4.98 Å². The van der Waals surface area contributed by atoms with Crippen LogP contribution in [0.15, 0.2) is 75.9 Å². The molecule has 0 spiro atoms. The lowest BCUT2D eigenvalue weighted by Crippen LogP contribution is -2.34. The molecule has 1 amide bonds. The summed E-state index contributed by atoms with van der Waals surface area (Å²) in [6.07, 6.45) is -0.706. The van der Waals surface area contributed by atoms with Crippen molar-refractivity contribution in [3.05, 3.63) is 88.1 Å². The van der Waals surface area contributed by atoms with Crippen LogP contribution in [0.3, 0.4) is 0 Å². The fraction of sp³-hybridized carbons (Fsp3) is 0.273. The molecular formula is C33H32N2O6S. The van der Waals surface area contributed by atoms with Gasteiger partial charge in [-0.2, -0.15) is 0 Å². The number of rotatable bonds is 8. The van der Waals surface area contributed by atoms with Gasteiger partial charge >= 0.3 is 5.97 Å². The first-order valence-electron chi connectivity index (χ1n) is 13.8. The van der Waals surface area contributed by atoms with Crippen LogP contribution in [0.2, 0.25) is 0 Å². The molecule has 9 heteroatoms. The number of thiazole rings is 1. The summed E-state index contributed by atoms with van der Waals surface area (Å²) in [6.45, 7) is 10.2. The molecule has 2 heterocycles. The van der Waals surface area contributed by atoms with E-state index in [1.165, 1.54) is 11.3 Å². The zero-order valence-electron chi connectivity index (χ0n) is 24.1. The normalized spacial score (nSPS) is 12.3. The molecular weight excluding hydrogens is 552 g/mol. The van der Waals surface area contributed by atoms with Gasteiger partial charge in [-0.15, -0.1) is 0 Å². The molecule has 0 aliphatic rings. The Bertz CT molecular complexity index is 1830. The highest BCUT2D eigenvalue weighted by Crippen LogP contribution is 2.34. The van der Waals surface area contributed by atoms with Gasteiger partial charge in [0.25, 0.3) is 5.91 Å². The van der Waals surface area contributed by atoms with Crippen LogP contribution in [-0.2, 0) is 14.9 Å². The first-order chi connectivity index (χ1) is 20.1. The van der Waals surface area contributed by atoms with Gasteiger partial charge in [-0.25, -0.2) is 9.78 Å². The molecule has 216 valence electrons. The van der Waals surface area contributed by atoms with E-state index < -0.39 is 18.0 Å². The molecule has 0 fully saturated rings. The largest absolute Gasteiger partial charge is 0.473 e. The Morgan fingerprint density at radius 1 is 1.02 bits per heavy atom. The van der Waals surface area contributed by atoms with Gasteiger partial charge in [0.2, 0.25) is 11.2 Å². The first-order valence-corrected chi connectivity index (χ1v) is 14.6. The van der Waals surface area contributed by atoms with Crippen molar-refractivity contribution in [2.75, 3.05) is 11.9 Å². The number of aromatic nitrogens is 1. The fourth-order valence-corrected chi connectivity index (χ4v) is 5.42. The molecule has 0 bridgehead atoms. The van der Waals surface area contributed by atoms with E-state index in [1.54, 1.807) is 56.3 Å². The van der Waals surface area contributed by atoms with Crippen LogP contribution < -0.4 is 15.5 Å². The second-order valence-electron chi connectivity index (χ2n) is 10.8. The van der Waals surface area contributed by atoms with E-state index in [0.29, 0.717) is 39.2 Å². The van der Waals surface area contributed by atoms with Crippen LogP contribution in [0.25, 0.3) is 32.5 Å². The van der Waals surface area contributed by atoms with Crippen LogP contribution in [0.4, 0.5) is 5.13 Å². The molecule has 1 atom stereocenters. The Labute approximate surface area is 247 Å².